The third-order valence-corrected chi connectivity index (χ3v) is 3.06. The highest BCUT2D eigenvalue weighted by Gasteiger charge is 2.07. The maximum atomic E-state index is 11.9. The Morgan fingerprint density at radius 3 is 2.68 bits per heavy atom. The summed E-state index contributed by atoms with van der Waals surface area (Å²) in [5.74, 6) is 1.37. The number of hydrogen-bond acceptors (Lipinski definition) is 3. The summed E-state index contributed by atoms with van der Waals surface area (Å²) >= 11 is 0. The molecule has 0 bridgehead atoms. The Hall–Kier alpha value is -2.10. The van der Waals surface area contributed by atoms with Gasteiger partial charge in [-0.25, -0.2) is 4.98 Å². The van der Waals surface area contributed by atoms with Crippen molar-refractivity contribution in [2.45, 2.75) is 27.2 Å². The first-order chi connectivity index (χ1) is 9.06. The molecule has 0 saturated heterocycles. The molecule has 19 heavy (non-hydrogen) atoms. The predicted octanol–water partition coefficient (Wildman–Crippen LogP) is 2.57. The molecule has 0 saturated carbocycles. The number of carbonyl (C=O) groups is 1. The summed E-state index contributed by atoms with van der Waals surface area (Å²) in [6, 6.07) is 5.70. The van der Waals surface area contributed by atoms with E-state index in [1.807, 2.05) is 39.0 Å². The topological polar surface area (TPSA) is 55.1 Å². The predicted molar refractivity (Wildman–Crippen MR) is 73.2 cm³/mol. The average molecular weight is 258 g/mol. The standard InChI is InChI=1S/C15H18N2O2/c1-10-4-5-13(8-11(10)2)15(18)16-7-6-14-17-9-12(3)19-14/h4-5,8-9H,6-7H2,1-3H3,(H,16,18). The Morgan fingerprint density at radius 2 is 2.05 bits per heavy atom. The average Bonchev–Trinajstić information content (AvgIpc) is 2.78. The van der Waals surface area contributed by atoms with E-state index < -0.39 is 0 Å². The second-order valence-electron chi connectivity index (χ2n) is 4.67. The molecule has 0 radical (unpaired) electrons. The van der Waals surface area contributed by atoms with E-state index in [4.69, 9.17) is 4.42 Å². The molecule has 2 rings (SSSR count). The molecule has 0 unspecified atom stereocenters. The molecule has 0 atom stereocenters. The van der Waals surface area contributed by atoms with Crippen LogP contribution in [-0.4, -0.2) is 17.4 Å². The number of nitrogens with one attached hydrogen (secondary N) is 1. The van der Waals surface area contributed by atoms with Crippen LogP contribution in [0.5, 0.6) is 0 Å². The first-order valence-electron chi connectivity index (χ1n) is 6.33. The van der Waals surface area contributed by atoms with Gasteiger partial charge in [0.15, 0.2) is 5.89 Å². The molecule has 1 heterocycles. The number of nitrogens with zero attached hydrogens (tertiary/aromatic N) is 1. The van der Waals surface area contributed by atoms with Crippen molar-refractivity contribution in [1.82, 2.24) is 10.3 Å². The molecule has 0 aliphatic heterocycles. The lowest BCUT2D eigenvalue weighted by atomic mass is 10.1. The quantitative estimate of drug-likeness (QED) is 0.917. The lowest BCUT2D eigenvalue weighted by Crippen LogP contribution is -2.25. The molecular formula is C15H18N2O2. The van der Waals surface area contributed by atoms with E-state index in [2.05, 4.69) is 10.3 Å². The van der Waals surface area contributed by atoms with Crippen molar-refractivity contribution >= 4 is 5.91 Å². The molecule has 4 nitrogen and oxygen atoms in total. The van der Waals surface area contributed by atoms with Gasteiger partial charge < -0.3 is 9.73 Å². The van der Waals surface area contributed by atoms with Crippen LogP contribution in [-0.2, 0) is 6.42 Å². The molecule has 1 amide bonds. The largest absolute Gasteiger partial charge is 0.446 e. The van der Waals surface area contributed by atoms with Crippen molar-refractivity contribution in [1.29, 1.82) is 0 Å². The highest BCUT2D eigenvalue weighted by Crippen LogP contribution is 2.09. The summed E-state index contributed by atoms with van der Waals surface area (Å²) in [5.41, 5.74) is 2.99. The Bertz CT molecular complexity index is 588. The van der Waals surface area contributed by atoms with Crippen LogP contribution in [0.25, 0.3) is 0 Å². The molecule has 0 spiro atoms. The van der Waals surface area contributed by atoms with Crippen molar-refractivity contribution < 1.29 is 9.21 Å². The Labute approximate surface area is 112 Å². The van der Waals surface area contributed by atoms with E-state index in [0.717, 1.165) is 11.3 Å². The number of aromatic nitrogens is 1. The molecule has 4 heteroatoms. The first kappa shape index (κ1) is 13.3. The summed E-state index contributed by atoms with van der Waals surface area (Å²) in [4.78, 5) is 16.0. The number of carbonyl (C=O) groups excluding carboxylic acids is 1. The Morgan fingerprint density at radius 1 is 1.26 bits per heavy atom. The van der Waals surface area contributed by atoms with E-state index in [1.165, 1.54) is 5.56 Å². The zero-order chi connectivity index (χ0) is 13.8. The fraction of sp³-hybridized carbons (Fsp3) is 0.333. The third-order valence-electron chi connectivity index (χ3n) is 3.06. The summed E-state index contributed by atoms with van der Waals surface area (Å²) < 4.78 is 5.34. The minimum Gasteiger partial charge on any atom is -0.446 e. The third kappa shape index (κ3) is 3.44. The zero-order valence-corrected chi connectivity index (χ0v) is 11.5. The van der Waals surface area contributed by atoms with Crippen LogP contribution in [0.4, 0.5) is 0 Å². The van der Waals surface area contributed by atoms with Crippen LogP contribution in [0.15, 0.2) is 28.8 Å². The minimum atomic E-state index is -0.0635. The van der Waals surface area contributed by atoms with Gasteiger partial charge >= 0.3 is 0 Å². The van der Waals surface area contributed by atoms with Gasteiger partial charge in [0.05, 0.1) is 6.20 Å². The molecule has 1 aromatic carbocycles. The van der Waals surface area contributed by atoms with Gasteiger partial charge in [0, 0.05) is 18.5 Å². The second kappa shape index (κ2) is 5.69. The lowest BCUT2D eigenvalue weighted by Gasteiger charge is -2.06. The SMILES string of the molecule is Cc1cnc(CCNC(=O)c2ccc(C)c(C)c2)o1. The maximum Gasteiger partial charge on any atom is 0.251 e. The van der Waals surface area contributed by atoms with Gasteiger partial charge in [0.1, 0.15) is 5.76 Å². The number of rotatable bonds is 4. The number of oxazole rings is 1. The summed E-state index contributed by atoms with van der Waals surface area (Å²) in [5, 5.41) is 2.86. The number of hydrogen-bond donors (Lipinski definition) is 1. The minimum absolute atomic E-state index is 0.0635. The smallest absolute Gasteiger partial charge is 0.251 e. The van der Waals surface area contributed by atoms with Crippen molar-refractivity contribution in [3.63, 3.8) is 0 Å². The summed E-state index contributed by atoms with van der Waals surface area (Å²) in [7, 11) is 0. The summed E-state index contributed by atoms with van der Waals surface area (Å²) in [6.45, 7) is 6.40. The fourth-order valence-electron chi connectivity index (χ4n) is 1.78. The van der Waals surface area contributed by atoms with E-state index in [-0.39, 0.29) is 5.91 Å². The fourth-order valence-corrected chi connectivity index (χ4v) is 1.78. The molecule has 1 N–H and O–H groups in total. The number of aryl methyl sites for hydroxylation is 3. The first-order valence-corrected chi connectivity index (χ1v) is 6.33. The molecule has 1 aromatic heterocycles. The Kier molecular flexibility index (Phi) is 4.00. The van der Waals surface area contributed by atoms with E-state index in [0.29, 0.717) is 24.4 Å². The number of benzene rings is 1. The molecule has 0 fully saturated rings. The Balaban J connectivity index is 1.89. The van der Waals surface area contributed by atoms with Crippen LogP contribution in [0.2, 0.25) is 0 Å². The number of amides is 1. The van der Waals surface area contributed by atoms with Gasteiger partial charge in [-0.3, -0.25) is 4.79 Å². The van der Waals surface area contributed by atoms with Gasteiger partial charge in [-0.05, 0) is 44.0 Å². The van der Waals surface area contributed by atoms with Gasteiger partial charge in [-0.15, -0.1) is 0 Å². The highest BCUT2D eigenvalue weighted by molar-refractivity contribution is 5.94. The van der Waals surface area contributed by atoms with Gasteiger partial charge in [0.2, 0.25) is 0 Å². The van der Waals surface area contributed by atoms with E-state index in [9.17, 15) is 4.79 Å². The van der Waals surface area contributed by atoms with E-state index >= 15 is 0 Å². The van der Waals surface area contributed by atoms with Crippen molar-refractivity contribution in [3.8, 4) is 0 Å². The molecule has 0 aliphatic rings. The van der Waals surface area contributed by atoms with Crippen molar-refractivity contribution in [2.24, 2.45) is 0 Å². The maximum absolute atomic E-state index is 11.9. The summed E-state index contributed by atoms with van der Waals surface area (Å²) in [6.07, 6.45) is 2.28. The van der Waals surface area contributed by atoms with Crippen LogP contribution in [0.3, 0.4) is 0 Å². The molecule has 100 valence electrons. The van der Waals surface area contributed by atoms with Crippen LogP contribution in [0, 0.1) is 20.8 Å². The van der Waals surface area contributed by atoms with Gasteiger partial charge in [0.25, 0.3) is 5.91 Å². The monoisotopic (exact) mass is 258 g/mol. The molecule has 2 aromatic rings. The zero-order valence-electron chi connectivity index (χ0n) is 11.5. The normalized spacial score (nSPS) is 10.5. The highest BCUT2D eigenvalue weighted by atomic mass is 16.4. The molecular weight excluding hydrogens is 240 g/mol. The van der Waals surface area contributed by atoms with Crippen molar-refractivity contribution in [2.75, 3.05) is 6.54 Å². The van der Waals surface area contributed by atoms with Gasteiger partial charge in [-0.1, -0.05) is 6.07 Å². The van der Waals surface area contributed by atoms with Crippen molar-refractivity contribution in [3.05, 3.63) is 52.7 Å². The van der Waals surface area contributed by atoms with Gasteiger partial charge in [-0.2, -0.15) is 0 Å². The van der Waals surface area contributed by atoms with Crippen LogP contribution >= 0.6 is 0 Å². The van der Waals surface area contributed by atoms with Crippen LogP contribution < -0.4 is 5.32 Å². The van der Waals surface area contributed by atoms with Crippen LogP contribution in [0.1, 0.15) is 33.1 Å². The lowest BCUT2D eigenvalue weighted by molar-refractivity contribution is 0.0953. The second-order valence-corrected chi connectivity index (χ2v) is 4.67. The van der Waals surface area contributed by atoms with E-state index in [1.54, 1.807) is 6.20 Å². The molecule has 0 aliphatic carbocycles.